The minimum Gasteiger partial charge on any atom is -0.331 e. The summed E-state index contributed by atoms with van der Waals surface area (Å²) >= 11 is 0.863. The molecular weight excluding hydrogens is 258 g/mol. The third kappa shape index (κ3) is 2.70. The average Bonchev–Trinajstić information content (AvgIpc) is 2.65. The summed E-state index contributed by atoms with van der Waals surface area (Å²) in [6.45, 7) is 0. The summed E-state index contributed by atoms with van der Waals surface area (Å²) in [5, 5.41) is 3.57. The molecule has 0 atom stereocenters. The molecule has 0 bridgehead atoms. The Labute approximate surface area is 97.1 Å². The van der Waals surface area contributed by atoms with Gasteiger partial charge in [0.2, 0.25) is 0 Å². The van der Waals surface area contributed by atoms with E-state index in [-0.39, 0.29) is 10.8 Å². The van der Waals surface area contributed by atoms with Crippen molar-refractivity contribution in [3.8, 4) is 0 Å². The quantitative estimate of drug-likeness (QED) is 0.666. The van der Waals surface area contributed by atoms with Crippen molar-refractivity contribution >= 4 is 22.2 Å². The predicted octanol–water partition coefficient (Wildman–Crippen LogP) is 3.44. The van der Waals surface area contributed by atoms with E-state index in [9.17, 15) is 17.6 Å². The molecule has 2 aromatic rings. The second-order valence-electron chi connectivity index (χ2n) is 3.00. The van der Waals surface area contributed by atoms with Crippen molar-refractivity contribution in [1.82, 2.24) is 9.97 Å². The van der Waals surface area contributed by atoms with Gasteiger partial charge in [-0.05, 0) is 17.5 Å². The maximum absolute atomic E-state index is 12.6. The molecule has 2 rings (SSSR count). The second-order valence-corrected chi connectivity index (χ2v) is 3.91. The van der Waals surface area contributed by atoms with E-state index >= 15 is 0 Å². The standard InChI is InChI=1S/C9H5F4N3S/c10-8-14-3-1-6(16-8)15-7-5(2-4-17-7)9(11,12)13/h1-4H,(H,14,15,16). The molecule has 0 aromatic carbocycles. The Balaban J connectivity index is 2.28. The fraction of sp³-hybridized carbons (Fsp3) is 0.111. The lowest BCUT2D eigenvalue weighted by Gasteiger charge is -2.08. The van der Waals surface area contributed by atoms with E-state index in [1.807, 2.05) is 0 Å². The number of hydrogen-bond donors (Lipinski definition) is 1. The van der Waals surface area contributed by atoms with Crippen molar-refractivity contribution in [3.63, 3.8) is 0 Å². The molecule has 2 aromatic heterocycles. The summed E-state index contributed by atoms with van der Waals surface area (Å²) in [6.07, 6.45) is -4.33. The fourth-order valence-electron chi connectivity index (χ4n) is 1.15. The molecule has 17 heavy (non-hydrogen) atoms. The van der Waals surface area contributed by atoms with E-state index < -0.39 is 17.8 Å². The number of alkyl halides is 3. The Morgan fingerprint density at radius 2 is 2.00 bits per heavy atom. The molecule has 0 fully saturated rings. The van der Waals surface area contributed by atoms with Crippen LogP contribution in [0.25, 0.3) is 0 Å². The molecule has 90 valence electrons. The van der Waals surface area contributed by atoms with Crippen molar-refractivity contribution < 1.29 is 17.6 Å². The highest BCUT2D eigenvalue weighted by Gasteiger charge is 2.34. The summed E-state index contributed by atoms with van der Waals surface area (Å²) in [5.74, 6) is -0.0227. The molecule has 1 N–H and O–H groups in total. The number of nitrogens with zero attached hydrogens (tertiary/aromatic N) is 2. The Morgan fingerprint density at radius 1 is 1.24 bits per heavy atom. The van der Waals surface area contributed by atoms with Crippen LogP contribution < -0.4 is 5.32 Å². The van der Waals surface area contributed by atoms with Crippen LogP contribution in [0.3, 0.4) is 0 Å². The first kappa shape index (κ1) is 11.8. The molecule has 8 heteroatoms. The number of thiophene rings is 1. The molecule has 0 radical (unpaired) electrons. The van der Waals surface area contributed by atoms with Crippen LogP contribution in [0.1, 0.15) is 5.56 Å². The maximum Gasteiger partial charge on any atom is 0.419 e. The average molecular weight is 263 g/mol. The summed E-state index contributed by atoms with van der Waals surface area (Å²) in [4.78, 5) is 6.53. The first-order valence-corrected chi connectivity index (χ1v) is 5.25. The number of aromatic nitrogens is 2. The molecule has 0 aliphatic carbocycles. The zero-order valence-corrected chi connectivity index (χ0v) is 8.94. The van der Waals surface area contributed by atoms with Gasteiger partial charge in [0.15, 0.2) is 0 Å². The van der Waals surface area contributed by atoms with E-state index in [1.165, 1.54) is 11.4 Å². The van der Waals surface area contributed by atoms with Crippen LogP contribution in [0, 0.1) is 6.08 Å². The molecule has 0 amide bonds. The highest BCUT2D eigenvalue weighted by atomic mass is 32.1. The Kier molecular flexibility index (Phi) is 2.97. The van der Waals surface area contributed by atoms with Crippen molar-refractivity contribution in [2.75, 3.05) is 5.32 Å². The van der Waals surface area contributed by atoms with E-state index in [0.29, 0.717) is 0 Å². The predicted molar refractivity (Wildman–Crippen MR) is 54.6 cm³/mol. The first-order chi connectivity index (χ1) is 7.97. The third-order valence-corrected chi connectivity index (χ3v) is 2.67. The van der Waals surface area contributed by atoms with Gasteiger partial charge in [0.1, 0.15) is 10.8 Å². The fourth-order valence-corrected chi connectivity index (χ4v) is 1.96. The van der Waals surface area contributed by atoms with Crippen LogP contribution in [-0.2, 0) is 6.18 Å². The van der Waals surface area contributed by atoms with Gasteiger partial charge in [-0.3, -0.25) is 0 Å². The Morgan fingerprint density at radius 3 is 2.65 bits per heavy atom. The SMILES string of the molecule is Fc1nccc(Nc2sccc2C(F)(F)F)n1. The minimum atomic E-state index is -4.45. The summed E-state index contributed by atoms with van der Waals surface area (Å²) in [7, 11) is 0. The first-order valence-electron chi connectivity index (χ1n) is 4.37. The van der Waals surface area contributed by atoms with Gasteiger partial charge < -0.3 is 5.32 Å². The van der Waals surface area contributed by atoms with Gasteiger partial charge in [-0.25, -0.2) is 4.98 Å². The van der Waals surface area contributed by atoms with Gasteiger partial charge in [-0.2, -0.15) is 22.5 Å². The van der Waals surface area contributed by atoms with E-state index in [4.69, 9.17) is 0 Å². The number of nitrogens with one attached hydrogen (secondary N) is 1. The van der Waals surface area contributed by atoms with Crippen molar-refractivity contribution in [3.05, 3.63) is 35.4 Å². The zero-order chi connectivity index (χ0) is 12.5. The van der Waals surface area contributed by atoms with Crippen molar-refractivity contribution in [2.24, 2.45) is 0 Å². The summed E-state index contributed by atoms with van der Waals surface area (Å²) in [6, 6.07) is 2.23. The van der Waals surface area contributed by atoms with Crippen LogP contribution >= 0.6 is 11.3 Å². The van der Waals surface area contributed by atoms with E-state index in [2.05, 4.69) is 15.3 Å². The number of halogens is 4. The smallest absolute Gasteiger partial charge is 0.331 e. The highest BCUT2D eigenvalue weighted by molar-refractivity contribution is 7.14. The topological polar surface area (TPSA) is 37.8 Å². The van der Waals surface area contributed by atoms with Gasteiger partial charge in [0, 0.05) is 6.20 Å². The summed E-state index contributed by atoms with van der Waals surface area (Å²) in [5.41, 5.74) is -0.804. The lowest BCUT2D eigenvalue weighted by molar-refractivity contribution is -0.136. The van der Waals surface area contributed by atoms with Gasteiger partial charge in [-0.1, -0.05) is 0 Å². The molecule has 0 aliphatic heterocycles. The normalized spacial score (nSPS) is 11.5. The van der Waals surface area contributed by atoms with Crippen LogP contribution in [0.5, 0.6) is 0 Å². The van der Waals surface area contributed by atoms with Crippen molar-refractivity contribution in [1.29, 1.82) is 0 Å². The largest absolute Gasteiger partial charge is 0.419 e. The molecule has 0 saturated heterocycles. The lowest BCUT2D eigenvalue weighted by Crippen LogP contribution is -2.06. The third-order valence-electron chi connectivity index (χ3n) is 1.84. The number of anilines is 2. The molecule has 2 heterocycles. The molecule has 0 aliphatic rings. The molecular formula is C9H5F4N3S. The van der Waals surface area contributed by atoms with Gasteiger partial charge in [0.05, 0.1) is 5.56 Å². The highest BCUT2D eigenvalue weighted by Crippen LogP contribution is 2.39. The second kappa shape index (κ2) is 4.28. The monoisotopic (exact) mass is 263 g/mol. The number of rotatable bonds is 2. The Hall–Kier alpha value is -1.70. The minimum absolute atomic E-state index is 0.0227. The van der Waals surface area contributed by atoms with Gasteiger partial charge in [-0.15, -0.1) is 11.3 Å². The van der Waals surface area contributed by atoms with Gasteiger partial charge in [0.25, 0.3) is 0 Å². The van der Waals surface area contributed by atoms with Gasteiger partial charge >= 0.3 is 12.3 Å². The van der Waals surface area contributed by atoms with Crippen LogP contribution in [0.2, 0.25) is 0 Å². The van der Waals surface area contributed by atoms with E-state index in [1.54, 1.807) is 0 Å². The summed E-state index contributed by atoms with van der Waals surface area (Å²) < 4.78 is 50.2. The van der Waals surface area contributed by atoms with Crippen molar-refractivity contribution in [2.45, 2.75) is 6.18 Å². The Bertz CT molecular complexity index is 523. The zero-order valence-electron chi connectivity index (χ0n) is 8.12. The van der Waals surface area contributed by atoms with Crippen LogP contribution in [-0.4, -0.2) is 9.97 Å². The maximum atomic E-state index is 12.6. The molecule has 0 saturated carbocycles. The van der Waals surface area contributed by atoms with E-state index in [0.717, 1.165) is 23.6 Å². The molecule has 0 spiro atoms. The molecule has 3 nitrogen and oxygen atoms in total. The van der Waals surface area contributed by atoms with Crippen LogP contribution in [0.15, 0.2) is 23.7 Å². The number of hydrogen-bond acceptors (Lipinski definition) is 4. The van der Waals surface area contributed by atoms with Crippen LogP contribution in [0.4, 0.5) is 28.4 Å². The lowest BCUT2D eigenvalue weighted by atomic mass is 10.3. The molecule has 0 unspecified atom stereocenters.